The zero-order valence-electron chi connectivity index (χ0n) is 16.5. The van der Waals surface area contributed by atoms with Crippen LogP contribution in [0.15, 0.2) is 30.5 Å². The average molecular weight is 435 g/mol. The Bertz CT molecular complexity index is 945. The third kappa shape index (κ3) is 6.50. The van der Waals surface area contributed by atoms with Crippen molar-refractivity contribution in [3.8, 4) is 0 Å². The number of carboxylic acids is 1. The first-order valence-electron chi connectivity index (χ1n) is 9.39. The Hall–Kier alpha value is -3.48. The molecule has 0 radical (unpaired) electrons. The first kappa shape index (κ1) is 23.8. The van der Waals surface area contributed by atoms with Gasteiger partial charge in [-0.1, -0.05) is 18.2 Å². The number of fused-ring (bicyclic) bond motifs is 1. The van der Waals surface area contributed by atoms with Crippen LogP contribution < -0.4 is 21.7 Å². The van der Waals surface area contributed by atoms with Gasteiger partial charge in [-0.25, -0.2) is 4.79 Å². The molecule has 0 saturated heterocycles. The number of nitrogens with one attached hydrogen (secondary N) is 4. The fourth-order valence-corrected chi connectivity index (χ4v) is 2.81. The summed E-state index contributed by atoms with van der Waals surface area (Å²) in [4.78, 5) is 50.7. The van der Waals surface area contributed by atoms with E-state index in [1.807, 2.05) is 18.2 Å². The lowest BCUT2D eigenvalue weighted by atomic mass is 10.0. The molecule has 168 valence electrons. The van der Waals surface area contributed by atoms with E-state index in [-0.39, 0.29) is 6.42 Å². The molecule has 3 amide bonds. The summed E-state index contributed by atoms with van der Waals surface area (Å²) in [5.74, 6) is -3.73. The zero-order chi connectivity index (χ0) is 23.0. The highest BCUT2D eigenvalue weighted by Crippen LogP contribution is 2.19. The highest BCUT2D eigenvalue weighted by Gasteiger charge is 2.27. The highest BCUT2D eigenvalue weighted by molar-refractivity contribution is 5.93. The Morgan fingerprint density at radius 2 is 1.71 bits per heavy atom. The molecule has 1 heterocycles. The number of para-hydroxylation sites is 1. The number of carbonyl (C=O) groups is 4. The Morgan fingerprint density at radius 1 is 1.00 bits per heavy atom. The molecule has 0 saturated carbocycles. The zero-order valence-corrected chi connectivity index (χ0v) is 16.5. The summed E-state index contributed by atoms with van der Waals surface area (Å²) >= 11 is 0. The van der Waals surface area contributed by atoms with E-state index in [1.54, 1.807) is 12.3 Å². The summed E-state index contributed by atoms with van der Waals surface area (Å²) < 4.78 is 0. The van der Waals surface area contributed by atoms with Crippen LogP contribution in [-0.4, -0.2) is 81.9 Å². The van der Waals surface area contributed by atoms with Crippen LogP contribution in [0.4, 0.5) is 0 Å². The summed E-state index contributed by atoms with van der Waals surface area (Å²) in [7, 11) is 0. The number of amides is 3. The van der Waals surface area contributed by atoms with Crippen molar-refractivity contribution in [2.75, 3.05) is 19.8 Å². The molecule has 0 aliphatic rings. The number of aromatic amines is 1. The number of hydrogen-bond donors (Lipinski definition) is 8. The Balaban J connectivity index is 2.15. The van der Waals surface area contributed by atoms with Crippen molar-refractivity contribution < 1.29 is 34.5 Å². The Morgan fingerprint density at radius 3 is 2.35 bits per heavy atom. The Kier molecular flexibility index (Phi) is 8.49. The third-order valence-corrected chi connectivity index (χ3v) is 4.50. The van der Waals surface area contributed by atoms with Gasteiger partial charge in [-0.3, -0.25) is 14.4 Å². The molecule has 0 aliphatic carbocycles. The molecule has 1 aromatic carbocycles. The van der Waals surface area contributed by atoms with E-state index in [1.165, 1.54) is 0 Å². The molecule has 0 aliphatic heterocycles. The van der Waals surface area contributed by atoms with Gasteiger partial charge >= 0.3 is 5.97 Å². The fraction of sp³-hybridized carbons (Fsp3) is 0.368. The van der Waals surface area contributed by atoms with E-state index in [0.717, 1.165) is 10.9 Å². The lowest BCUT2D eigenvalue weighted by Crippen LogP contribution is -2.55. The molecule has 9 N–H and O–H groups in total. The molecule has 1 aromatic heterocycles. The minimum absolute atomic E-state index is 0.0173. The lowest BCUT2D eigenvalue weighted by Gasteiger charge is -2.21. The number of benzene rings is 1. The van der Waals surface area contributed by atoms with E-state index in [2.05, 4.69) is 20.9 Å². The number of aliphatic hydroxyl groups excluding tert-OH is 2. The second-order valence-electron chi connectivity index (χ2n) is 6.77. The van der Waals surface area contributed by atoms with Crippen molar-refractivity contribution in [1.82, 2.24) is 20.9 Å². The van der Waals surface area contributed by atoms with Gasteiger partial charge in [0, 0.05) is 23.5 Å². The summed E-state index contributed by atoms with van der Waals surface area (Å²) in [6.07, 6.45) is 1.68. The smallest absolute Gasteiger partial charge is 0.328 e. The van der Waals surface area contributed by atoms with E-state index in [0.29, 0.717) is 5.56 Å². The fourth-order valence-electron chi connectivity index (χ4n) is 2.81. The first-order valence-corrected chi connectivity index (χ1v) is 9.39. The maximum atomic E-state index is 12.7. The number of nitrogens with two attached hydrogens (primary N) is 1. The van der Waals surface area contributed by atoms with Crippen molar-refractivity contribution in [3.63, 3.8) is 0 Å². The summed E-state index contributed by atoms with van der Waals surface area (Å²) in [6, 6.07) is 3.35. The second-order valence-corrected chi connectivity index (χ2v) is 6.77. The molecule has 12 heteroatoms. The third-order valence-electron chi connectivity index (χ3n) is 4.50. The van der Waals surface area contributed by atoms with Gasteiger partial charge in [0.2, 0.25) is 17.7 Å². The van der Waals surface area contributed by atoms with Crippen LogP contribution >= 0.6 is 0 Å². The number of carbonyl (C=O) groups excluding carboxylic acids is 3. The predicted octanol–water partition coefficient (Wildman–Crippen LogP) is -2.81. The van der Waals surface area contributed by atoms with Crippen LogP contribution in [0.2, 0.25) is 0 Å². The maximum Gasteiger partial charge on any atom is 0.328 e. The van der Waals surface area contributed by atoms with Crippen LogP contribution in [0, 0.1) is 0 Å². The Labute approximate surface area is 176 Å². The topological polar surface area (TPSA) is 207 Å². The number of H-pyrrole nitrogens is 1. The largest absolute Gasteiger partial charge is 0.480 e. The number of aromatic nitrogens is 1. The van der Waals surface area contributed by atoms with E-state index >= 15 is 0 Å². The van der Waals surface area contributed by atoms with E-state index in [9.17, 15) is 19.2 Å². The molecule has 31 heavy (non-hydrogen) atoms. The SMILES string of the molecule is NC(CO)C(=O)NCC(=O)NC(Cc1c[nH]c2ccccc12)C(=O)NC(CO)C(=O)O. The van der Waals surface area contributed by atoms with Crippen molar-refractivity contribution in [3.05, 3.63) is 36.0 Å². The van der Waals surface area contributed by atoms with Gasteiger partial charge in [-0.15, -0.1) is 0 Å². The number of rotatable bonds is 11. The second kappa shape index (κ2) is 11.1. The van der Waals surface area contributed by atoms with Gasteiger partial charge < -0.3 is 42.0 Å². The first-order chi connectivity index (χ1) is 14.8. The monoisotopic (exact) mass is 435 g/mol. The quantitative estimate of drug-likeness (QED) is 0.184. The van der Waals surface area contributed by atoms with Crippen LogP contribution in [0.3, 0.4) is 0 Å². The van der Waals surface area contributed by atoms with Crippen molar-refractivity contribution in [2.24, 2.45) is 5.73 Å². The number of aliphatic carboxylic acids is 1. The van der Waals surface area contributed by atoms with Crippen LogP contribution in [-0.2, 0) is 25.6 Å². The molecule has 12 nitrogen and oxygen atoms in total. The van der Waals surface area contributed by atoms with Gasteiger partial charge in [0.05, 0.1) is 19.8 Å². The molecule has 2 rings (SSSR count). The van der Waals surface area contributed by atoms with Gasteiger partial charge in [-0.05, 0) is 11.6 Å². The molecule has 0 fully saturated rings. The standard InChI is InChI=1S/C19H25N5O7/c20-12(8-25)17(28)22-7-16(27)23-14(18(29)24-15(9-26)19(30)31)5-10-6-21-13-4-2-1-3-11(10)13/h1-4,6,12,14-15,21,25-26H,5,7-9,20H2,(H,22,28)(H,23,27)(H,24,29)(H,30,31). The minimum Gasteiger partial charge on any atom is -0.480 e. The lowest BCUT2D eigenvalue weighted by molar-refractivity contribution is -0.143. The molecule has 3 unspecified atom stereocenters. The maximum absolute atomic E-state index is 12.7. The summed E-state index contributed by atoms with van der Waals surface area (Å²) in [5, 5.41) is 34.7. The van der Waals surface area contributed by atoms with E-state index in [4.69, 9.17) is 21.1 Å². The molecule has 2 aromatic rings. The number of aliphatic hydroxyl groups is 2. The van der Waals surface area contributed by atoms with Gasteiger partial charge in [-0.2, -0.15) is 0 Å². The van der Waals surface area contributed by atoms with Crippen molar-refractivity contribution in [2.45, 2.75) is 24.5 Å². The average Bonchev–Trinajstić information content (AvgIpc) is 3.17. The van der Waals surface area contributed by atoms with Crippen LogP contribution in [0.1, 0.15) is 5.56 Å². The predicted molar refractivity (Wildman–Crippen MR) is 109 cm³/mol. The number of hydrogen-bond acceptors (Lipinski definition) is 7. The van der Waals surface area contributed by atoms with Crippen molar-refractivity contribution >= 4 is 34.6 Å². The van der Waals surface area contributed by atoms with Crippen LogP contribution in [0.25, 0.3) is 10.9 Å². The van der Waals surface area contributed by atoms with Crippen molar-refractivity contribution in [1.29, 1.82) is 0 Å². The highest BCUT2D eigenvalue weighted by atomic mass is 16.4. The summed E-state index contributed by atoms with van der Waals surface area (Å²) in [6.45, 7) is -1.94. The van der Waals surface area contributed by atoms with Gasteiger partial charge in [0.15, 0.2) is 0 Å². The minimum atomic E-state index is -1.54. The molecule has 0 bridgehead atoms. The number of carboxylic acid groups (broad SMARTS) is 1. The van der Waals surface area contributed by atoms with Crippen LogP contribution in [0.5, 0.6) is 0 Å². The summed E-state index contributed by atoms with van der Waals surface area (Å²) in [5.41, 5.74) is 6.86. The van der Waals surface area contributed by atoms with Gasteiger partial charge in [0.1, 0.15) is 18.1 Å². The molecule has 0 spiro atoms. The molecular formula is C19H25N5O7. The van der Waals surface area contributed by atoms with E-state index < -0.39 is 61.6 Å². The molecular weight excluding hydrogens is 410 g/mol. The van der Waals surface area contributed by atoms with Gasteiger partial charge in [0.25, 0.3) is 0 Å². The molecule has 3 atom stereocenters. The normalized spacial score (nSPS) is 13.8.